The van der Waals surface area contributed by atoms with Crippen LogP contribution in [0.15, 0.2) is 47.5 Å². The minimum absolute atomic E-state index is 0.467. The number of pyridine rings is 1. The predicted molar refractivity (Wildman–Crippen MR) is 122 cm³/mol. The lowest BCUT2D eigenvalue weighted by Crippen LogP contribution is -2.22. The van der Waals surface area contributed by atoms with Gasteiger partial charge in [-0.15, -0.1) is 11.8 Å². The second-order valence-electron chi connectivity index (χ2n) is 7.90. The monoisotopic (exact) mass is 429 g/mol. The predicted octanol–water partition coefficient (Wildman–Crippen LogP) is 5.69. The van der Waals surface area contributed by atoms with E-state index < -0.39 is 15.3 Å². The number of thioether (sulfide) groups is 1. The van der Waals surface area contributed by atoms with Crippen LogP contribution in [-0.2, 0) is 10.0 Å². The number of fused-ring (bicyclic) bond motifs is 1. The second-order valence-corrected chi connectivity index (χ2v) is 11.0. The summed E-state index contributed by atoms with van der Waals surface area (Å²) in [4.78, 5) is 5.94. The fourth-order valence-electron chi connectivity index (χ4n) is 3.95. The number of benzene rings is 1. The highest BCUT2D eigenvalue weighted by atomic mass is 32.2. The summed E-state index contributed by atoms with van der Waals surface area (Å²) in [5.41, 5.74) is 3.85. The molecule has 0 unspecified atom stereocenters. The lowest BCUT2D eigenvalue weighted by Gasteiger charge is -2.18. The molecule has 0 saturated heterocycles. The van der Waals surface area contributed by atoms with Crippen molar-refractivity contribution in [1.82, 2.24) is 9.55 Å². The number of sulfonamides is 1. The van der Waals surface area contributed by atoms with E-state index in [-0.39, 0.29) is 0 Å². The molecule has 2 aromatic heterocycles. The minimum Gasteiger partial charge on any atom is -0.322 e. The molecule has 7 heteroatoms. The normalized spacial score (nSPS) is 15.4. The average Bonchev–Trinajstić information content (AvgIpc) is 3.34. The van der Waals surface area contributed by atoms with Crippen molar-refractivity contribution in [2.24, 2.45) is 0 Å². The summed E-state index contributed by atoms with van der Waals surface area (Å²) in [6.45, 7) is 3.35. The topological polar surface area (TPSA) is 64.0 Å². The number of hydrogen-bond acceptors (Lipinski definition) is 4. The molecular formula is C22H27N3O2S2. The maximum Gasteiger partial charge on any atom is 0.235 e. The summed E-state index contributed by atoms with van der Waals surface area (Å²) in [6.07, 6.45) is 8.87. The van der Waals surface area contributed by atoms with Gasteiger partial charge in [0.15, 0.2) is 0 Å². The Labute approximate surface area is 177 Å². The van der Waals surface area contributed by atoms with Crippen LogP contribution in [-0.4, -0.2) is 29.5 Å². The standard InChI is InChI=1S/C22H27N3O2S2/c1-15(2)29(26,27)24-18-10-8-16(9-11-18)21-13-17-12-20(28-3)14-23-22(17)25(21)19-6-4-5-7-19/h8-15,19,24H,4-7H2,1-3H3. The first kappa shape index (κ1) is 20.3. The SMILES string of the molecule is CSc1cnc2c(c1)cc(-c1ccc(NS(=O)(=O)C(C)C)cc1)n2C1CCCC1. The molecule has 1 aliphatic rings. The van der Waals surface area contributed by atoms with Crippen LogP contribution in [0, 0.1) is 0 Å². The zero-order valence-electron chi connectivity index (χ0n) is 17.1. The van der Waals surface area contributed by atoms with Gasteiger partial charge in [-0.05, 0) is 62.8 Å². The first-order chi connectivity index (χ1) is 13.9. The van der Waals surface area contributed by atoms with Crippen molar-refractivity contribution in [2.75, 3.05) is 11.0 Å². The molecule has 0 bridgehead atoms. The molecule has 1 aliphatic carbocycles. The Hall–Kier alpha value is -1.99. The summed E-state index contributed by atoms with van der Waals surface area (Å²) < 4.78 is 29.3. The number of anilines is 1. The summed E-state index contributed by atoms with van der Waals surface area (Å²) >= 11 is 1.70. The zero-order chi connectivity index (χ0) is 20.6. The Morgan fingerprint density at radius 1 is 1.14 bits per heavy atom. The van der Waals surface area contributed by atoms with Crippen molar-refractivity contribution in [1.29, 1.82) is 0 Å². The Kier molecular flexibility index (Phi) is 5.62. The van der Waals surface area contributed by atoms with E-state index in [1.165, 1.54) is 25.7 Å². The lowest BCUT2D eigenvalue weighted by molar-refractivity contribution is 0.537. The first-order valence-corrected chi connectivity index (χ1v) is 12.8. The Bertz CT molecular complexity index is 1110. The third-order valence-electron chi connectivity index (χ3n) is 5.64. The summed E-state index contributed by atoms with van der Waals surface area (Å²) in [7, 11) is -3.35. The van der Waals surface area contributed by atoms with Gasteiger partial charge in [-0.3, -0.25) is 4.72 Å². The highest BCUT2D eigenvalue weighted by Crippen LogP contribution is 2.38. The summed E-state index contributed by atoms with van der Waals surface area (Å²) in [5.74, 6) is 0. The van der Waals surface area contributed by atoms with Crippen molar-refractivity contribution in [3.63, 3.8) is 0 Å². The van der Waals surface area contributed by atoms with E-state index in [1.54, 1.807) is 25.6 Å². The van der Waals surface area contributed by atoms with Crippen molar-refractivity contribution >= 4 is 38.5 Å². The molecule has 5 nitrogen and oxygen atoms in total. The Morgan fingerprint density at radius 2 is 1.83 bits per heavy atom. The van der Waals surface area contributed by atoms with Gasteiger partial charge in [-0.1, -0.05) is 25.0 Å². The summed E-state index contributed by atoms with van der Waals surface area (Å²) in [5, 5.41) is 0.687. The van der Waals surface area contributed by atoms with Crippen LogP contribution in [0.5, 0.6) is 0 Å². The average molecular weight is 430 g/mol. The van der Waals surface area contributed by atoms with Crippen molar-refractivity contribution < 1.29 is 8.42 Å². The molecule has 1 fully saturated rings. The van der Waals surface area contributed by atoms with E-state index in [0.717, 1.165) is 27.2 Å². The van der Waals surface area contributed by atoms with E-state index >= 15 is 0 Å². The Morgan fingerprint density at radius 3 is 2.45 bits per heavy atom. The van der Waals surface area contributed by atoms with Crippen LogP contribution >= 0.6 is 11.8 Å². The highest BCUT2D eigenvalue weighted by molar-refractivity contribution is 7.98. The second kappa shape index (κ2) is 8.03. The van der Waals surface area contributed by atoms with E-state index in [0.29, 0.717) is 11.7 Å². The van der Waals surface area contributed by atoms with Gasteiger partial charge in [0, 0.05) is 28.2 Å². The molecule has 0 atom stereocenters. The molecule has 154 valence electrons. The maximum absolute atomic E-state index is 12.1. The van der Waals surface area contributed by atoms with Gasteiger partial charge < -0.3 is 4.57 Å². The molecule has 29 heavy (non-hydrogen) atoms. The van der Waals surface area contributed by atoms with Gasteiger partial charge in [0.05, 0.1) is 10.9 Å². The number of aromatic nitrogens is 2. The third kappa shape index (κ3) is 4.03. The number of nitrogens with one attached hydrogen (secondary N) is 1. The van der Waals surface area contributed by atoms with Gasteiger partial charge in [-0.2, -0.15) is 0 Å². The fraction of sp³-hybridized carbons (Fsp3) is 0.409. The molecule has 0 spiro atoms. The molecule has 0 amide bonds. The van der Waals surface area contributed by atoms with Crippen LogP contribution in [0.3, 0.4) is 0 Å². The van der Waals surface area contributed by atoms with Crippen molar-refractivity contribution in [2.45, 2.75) is 55.7 Å². The minimum atomic E-state index is -3.35. The smallest absolute Gasteiger partial charge is 0.235 e. The summed E-state index contributed by atoms with van der Waals surface area (Å²) in [6, 6.07) is 12.6. The molecule has 4 rings (SSSR count). The van der Waals surface area contributed by atoms with Crippen LogP contribution in [0.25, 0.3) is 22.3 Å². The van der Waals surface area contributed by atoms with Crippen LogP contribution < -0.4 is 4.72 Å². The molecule has 1 saturated carbocycles. The molecule has 1 N–H and O–H groups in total. The first-order valence-electron chi connectivity index (χ1n) is 10.1. The van der Waals surface area contributed by atoms with Gasteiger partial charge in [0.2, 0.25) is 10.0 Å². The fourth-order valence-corrected chi connectivity index (χ4v) is 5.05. The number of rotatable bonds is 6. The van der Waals surface area contributed by atoms with Crippen LogP contribution in [0.2, 0.25) is 0 Å². The molecule has 0 radical (unpaired) electrons. The maximum atomic E-state index is 12.1. The lowest BCUT2D eigenvalue weighted by atomic mass is 10.1. The highest BCUT2D eigenvalue weighted by Gasteiger charge is 2.23. The Balaban J connectivity index is 1.75. The largest absolute Gasteiger partial charge is 0.322 e. The zero-order valence-corrected chi connectivity index (χ0v) is 18.7. The van der Waals surface area contributed by atoms with Crippen molar-refractivity contribution in [3.05, 3.63) is 42.6 Å². The van der Waals surface area contributed by atoms with Crippen LogP contribution in [0.4, 0.5) is 5.69 Å². The van der Waals surface area contributed by atoms with Gasteiger partial charge in [0.25, 0.3) is 0 Å². The molecule has 0 aliphatic heterocycles. The quantitative estimate of drug-likeness (QED) is 0.511. The number of nitrogens with zero attached hydrogens (tertiary/aromatic N) is 2. The molecular weight excluding hydrogens is 402 g/mol. The molecule has 2 heterocycles. The van der Waals surface area contributed by atoms with Gasteiger partial charge >= 0.3 is 0 Å². The van der Waals surface area contributed by atoms with E-state index in [2.05, 4.69) is 27.7 Å². The molecule has 1 aromatic carbocycles. The number of hydrogen-bond donors (Lipinski definition) is 1. The van der Waals surface area contributed by atoms with Gasteiger partial charge in [0.1, 0.15) is 5.65 Å². The van der Waals surface area contributed by atoms with E-state index in [1.807, 2.05) is 30.5 Å². The van der Waals surface area contributed by atoms with Crippen molar-refractivity contribution in [3.8, 4) is 11.3 Å². The van der Waals surface area contributed by atoms with E-state index in [4.69, 9.17) is 4.98 Å². The third-order valence-corrected chi connectivity index (χ3v) is 8.09. The molecule has 3 aromatic rings. The van der Waals surface area contributed by atoms with E-state index in [9.17, 15) is 8.42 Å². The van der Waals surface area contributed by atoms with Gasteiger partial charge in [-0.25, -0.2) is 13.4 Å². The van der Waals surface area contributed by atoms with Crippen LogP contribution in [0.1, 0.15) is 45.6 Å².